The first-order chi connectivity index (χ1) is 13.6. The number of rotatable bonds is 5. The van der Waals surface area contributed by atoms with Gasteiger partial charge in [0.2, 0.25) is 15.9 Å². The van der Waals surface area contributed by atoms with Gasteiger partial charge in [-0.05, 0) is 43.0 Å². The van der Waals surface area contributed by atoms with Crippen molar-refractivity contribution in [3.8, 4) is 5.75 Å². The molecule has 2 aliphatic heterocycles. The largest absolute Gasteiger partial charge is 0.573 e. The second-order valence-electron chi connectivity index (χ2n) is 6.93. The van der Waals surface area contributed by atoms with Crippen molar-refractivity contribution in [3.05, 3.63) is 24.3 Å². The number of piperidine rings is 1. The monoisotopic (exact) mass is 453 g/mol. The first-order valence-corrected chi connectivity index (χ1v) is 11.7. The number of nitrogens with two attached hydrogens (primary N) is 1. The maximum Gasteiger partial charge on any atom is 0.573 e. The number of sulfonamides is 1. The Morgan fingerprint density at radius 1 is 1.17 bits per heavy atom. The molecule has 2 saturated heterocycles. The summed E-state index contributed by atoms with van der Waals surface area (Å²) in [5.41, 5.74) is 6.13. The molecule has 12 heteroatoms. The summed E-state index contributed by atoms with van der Waals surface area (Å²) in [6.45, 7) is 1.07. The summed E-state index contributed by atoms with van der Waals surface area (Å²) in [5, 5.41) is 0. The summed E-state index contributed by atoms with van der Waals surface area (Å²) in [7, 11) is -3.85. The van der Waals surface area contributed by atoms with Gasteiger partial charge in [-0.1, -0.05) is 0 Å². The molecule has 2 aliphatic rings. The number of benzene rings is 1. The summed E-state index contributed by atoms with van der Waals surface area (Å²) >= 11 is 1.67. The number of carbonyl (C=O) groups is 1. The first kappa shape index (κ1) is 22.2. The third kappa shape index (κ3) is 5.36. The van der Waals surface area contributed by atoms with E-state index < -0.39 is 28.2 Å². The Bertz CT molecular complexity index is 819. The highest BCUT2D eigenvalue weighted by Crippen LogP contribution is 2.29. The van der Waals surface area contributed by atoms with Gasteiger partial charge in [0.25, 0.3) is 0 Å². The number of nitrogens with zero attached hydrogens (tertiary/aromatic N) is 2. The second-order valence-corrected chi connectivity index (χ2v) is 9.94. The van der Waals surface area contributed by atoms with E-state index in [1.165, 1.54) is 4.31 Å². The molecule has 1 unspecified atom stereocenters. The number of thioether (sulfide) groups is 1. The highest BCUT2D eigenvalue weighted by molar-refractivity contribution is 7.99. The van der Waals surface area contributed by atoms with Crippen molar-refractivity contribution in [3.63, 3.8) is 0 Å². The van der Waals surface area contributed by atoms with Crippen LogP contribution in [0.1, 0.15) is 12.8 Å². The Morgan fingerprint density at radius 3 is 2.31 bits per heavy atom. The Kier molecular flexibility index (Phi) is 6.66. The van der Waals surface area contributed by atoms with E-state index in [0.717, 1.165) is 30.0 Å². The molecule has 7 nitrogen and oxygen atoms in total. The molecule has 2 heterocycles. The molecule has 162 valence electrons. The predicted molar refractivity (Wildman–Crippen MR) is 102 cm³/mol. The van der Waals surface area contributed by atoms with Crippen LogP contribution in [0.5, 0.6) is 5.75 Å². The fourth-order valence-electron chi connectivity index (χ4n) is 3.44. The zero-order valence-corrected chi connectivity index (χ0v) is 17.1. The summed E-state index contributed by atoms with van der Waals surface area (Å²) in [6.07, 6.45) is -3.95. The van der Waals surface area contributed by atoms with Gasteiger partial charge in [-0.2, -0.15) is 4.31 Å². The number of hydrogen-bond acceptors (Lipinski definition) is 6. The van der Waals surface area contributed by atoms with E-state index in [9.17, 15) is 26.4 Å². The Morgan fingerprint density at radius 2 is 1.79 bits per heavy atom. The van der Waals surface area contributed by atoms with Crippen molar-refractivity contribution >= 4 is 27.7 Å². The number of hydrogen-bond donors (Lipinski definition) is 1. The molecule has 2 fully saturated rings. The quantitative estimate of drug-likeness (QED) is 0.732. The Labute approximate surface area is 171 Å². The Balaban J connectivity index is 1.60. The lowest BCUT2D eigenvalue weighted by atomic mass is 9.90. The van der Waals surface area contributed by atoms with Crippen LogP contribution in [-0.2, 0) is 14.8 Å². The topological polar surface area (TPSA) is 92.9 Å². The summed E-state index contributed by atoms with van der Waals surface area (Å²) in [6, 6.07) is 3.45. The molecular formula is C17H22F3N3O4S2. The molecule has 1 aromatic carbocycles. The van der Waals surface area contributed by atoms with Crippen molar-refractivity contribution in [1.82, 2.24) is 9.21 Å². The standard InChI is InChI=1S/C17H22F3N3O4S2/c18-17(19,20)27-13-1-3-14(4-2-13)29(25,26)23-7-5-12(6-8-23)15(21)16(24)22-9-10-28-11-22/h1-4,12,15H,5-11,21H2. The van der Waals surface area contributed by atoms with Crippen molar-refractivity contribution in [1.29, 1.82) is 0 Å². The van der Waals surface area contributed by atoms with Crippen LogP contribution in [0.15, 0.2) is 29.2 Å². The lowest BCUT2D eigenvalue weighted by Crippen LogP contribution is -2.50. The van der Waals surface area contributed by atoms with Crippen molar-refractivity contribution in [2.45, 2.75) is 30.1 Å². The number of amides is 1. The zero-order valence-electron chi connectivity index (χ0n) is 15.5. The third-order valence-corrected chi connectivity index (χ3v) is 7.93. The minimum atomic E-state index is -4.84. The summed E-state index contributed by atoms with van der Waals surface area (Å²) < 4.78 is 67.3. The number of carbonyl (C=O) groups excluding carboxylic acids is 1. The molecule has 0 saturated carbocycles. The summed E-state index contributed by atoms with van der Waals surface area (Å²) in [4.78, 5) is 14.1. The highest BCUT2D eigenvalue weighted by atomic mass is 32.2. The molecule has 1 aromatic rings. The molecule has 2 N–H and O–H groups in total. The number of alkyl halides is 3. The van der Waals surface area contributed by atoms with Gasteiger partial charge in [-0.3, -0.25) is 4.79 Å². The van der Waals surface area contributed by atoms with Gasteiger partial charge in [-0.25, -0.2) is 8.42 Å². The van der Waals surface area contributed by atoms with E-state index >= 15 is 0 Å². The lowest BCUT2D eigenvalue weighted by molar-refractivity contribution is -0.274. The van der Waals surface area contributed by atoms with E-state index in [4.69, 9.17) is 5.73 Å². The lowest BCUT2D eigenvalue weighted by Gasteiger charge is -2.34. The minimum Gasteiger partial charge on any atom is -0.406 e. The summed E-state index contributed by atoms with van der Waals surface area (Å²) in [5.74, 6) is 0.828. The predicted octanol–water partition coefficient (Wildman–Crippen LogP) is 1.85. The van der Waals surface area contributed by atoms with Crippen molar-refractivity contribution < 1.29 is 31.1 Å². The van der Waals surface area contributed by atoms with Crippen LogP contribution < -0.4 is 10.5 Å². The van der Waals surface area contributed by atoms with Crippen LogP contribution in [0, 0.1) is 5.92 Å². The van der Waals surface area contributed by atoms with Crippen LogP contribution in [0.25, 0.3) is 0 Å². The van der Waals surface area contributed by atoms with E-state index in [0.29, 0.717) is 25.3 Å². The van der Waals surface area contributed by atoms with Gasteiger partial charge >= 0.3 is 6.36 Å². The number of halogens is 3. The third-order valence-electron chi connectivity index (χ3n) is 5.05. The van der Waals surface area contributed by atoms with Crippen LogP contribution in [0.3, 0.4) is 0 Å². The zero-order chi connectivity index (χ0) is 21.2. The molecule has 0 radical (unpaired) electrons. The van der Waals surface area contributed by atoms with E-state index in [2.05, 4.69) is 4.74 Å². The van der Waals surface area contributed by atoms with Gasteiger partial charge in [0.15, 0.2) is 0 Å². The van der Waals surface area contributed by atoms with Gasteiger partial charge in [0.05, 0.1) is 16.8 Å². The normalized spacial score (nSPS) is 20.6. The Hall–Kier alpha value is -1.50. The van der Waals surface area contributed by atoms with E-state index in [1.807, 2.05) is 0 Å². The van der Waals surface area contributed by atoms with Crippen LogP contribution in [-0.4, -0.2) is 67.2 Å². The fraction of sp³-hybridized carbons (Fsp3) is 0.588. The van der Waals surface area contributed by atoms with Crippen LogP contribution in [0.2, 0.25) is 0 Å². The highest BCUT2D eigenvalue weighted by Gasteiger charge is 2.36. The van der Waals surface area contributed by atoms with Crippen LogP contribution in [0.4, 0.5) is 13.2 Å². The average molecular weight is 454 g/mol. The molecule has 29 heavy (non-hydrogen) atoms. The second kappa shape index (κ2) is 8.70. The SMILES string of the molecule is NC(C(=O)N1CCSC1)C1CCN(S(=O)(=O)c2ccc(OC(F)(F)F)cc2)CC1. The molecule has 0 aliphatic carbocycles. The van der Waals surface area contributed by atoms with Gasteiger partial charge in [-0.15, -0.1) is 24.9 Å². The minimum absolute atomic E-state index is 0.100. The van der Waals surface area contributed by atoms with Gasteiger partial charge in [0, 0.05) is 25.4 Å². The maximum atomic E-state index is 12.8. The molecule has 0 aromatic heterocycles. The average Bonchev–Trinajstić information content (AvgIpc) is 3.21. The van der Waals surface area contributed by atoms with Crippen LogP contribution >= 0.6 is 11.8 Å². The van der Waals surface area contributed by atoms with Crippen molar-refractivity contribution in [2.24, 2.45) is 11.7 Å². The van der Waals surface area contributed by atoms with E-state index in [-0.39, 0.29) is 29.8 Å². The molecular weight excluding hydrogens is 431 g/mol. The molecule has 0 bridgehead atoms. The smallest absolute Gasteiger partial charge is 0.406 e. The maximum absolute atomic E-state index is 12.8. The molecule has 1 atom stereocenters. The molecule has 1 amide bonds. The fourth-order valence-corrected chi connectivity index (χ4v) is 5.86. The number of ether oxygens (including phenoxy) is 1. The van der Waals surface area contributed by atoms with Gasteiger partial charge in [0.1, 0.15) is 5.75 Å². The first-order valence-electron chi connectivity index (χ1n) is 9.06. The molecule has 0 spiro atoms. The van der Waals surface area contributed by atoms with Gasteiger partial charge < -0.3 is 15.4 Å². The van der Waals surface area contributed by atoms with E-state index in [1.54, 1.807) is 16.7 Å². The van der Waals surface area contributed by atoms with Crippen molar-refractivity contribution in [2.75, 3.05) is 31.3 Å². The molecule has 3 rings (SSSR count).